The number of nitrogens with one attached hydrogen (secondary N) is 2. The number of ether oxygens (including phenoxy) is 3. The first-order chi connectivity index (χ1) is 14.9. The SMILES string of the molecule is COc1cc(OC)c(OC)cc1/C=N\NC(=O)c1cc(C)nn1-c1nnc(C)c(=O)[nH]1. The molecule has 0 bridgehead atoms. The van der Waals surface area contributed by atoms with Crippen molar-refractivity contribution in [2.75, 3.05) is 21.3 Å². The van der Waals surface area contributed by atoms with Crippen molar-refractivity contribution in [2.24, 2.45) is 5.10 Å². The van der Waals surface area contributed by atoms with Crippen LogP contribution in [0.3, 0.4) is 0 Å². The number of hydrogen-bond acceptors (Lipinski definition) is 9. The van der Waals surface area contributed by atoms with Crippen LogP contribution in [0.15, 0.2) is 28.1 Å². The molecule has 12 heteroatoms. The number of rotatable bonds is 7. The Morgan fingerprint density at radius 1 is 1.06 bits per heavy atom. The van der Waals surface area contributed by atoms with Gasteiger partial charge in [-0.25, -0.2) is 5.43 Å². The molecule has 0 saturated heterocycles. The number of aromatic nitrogens is 5. The minimum Gasteiger partial charge on any atom is -0.496 e. The van der Waals surface area contributed by atoms with Gasteiger partial charge in [0.2, 0.25) is 0 Å². The summed E-state index contributed by atoms with van der Waals surface area (Å²) in [6.07, 6.45) is 1.40. The first-order valence-electron chi connectivity index (χ1n) is 9.02. The van der Waals surface area contributed by atoms with Crippen LogP contribution in [0.4, 0.5) is 0 Å². The number of aryl methyl sites for hydroxylation is 2. The molecular formula is C19H21N7O5. The van der Waals surface area contributed by atoms with Crippen LogP contribution in [0.5, 0.6) is 17.2 Å². The molecule has 2 aromatic heterocycles. The first-order valence-corrected chi connectivity index (χ1v) is 9.02. The van der Waals surface area contributed by atoms with Crippen LogP contribution in [-0.2, 0) is 0 Å². The molecule has 1 aromatic carbocycles. The smallest absolute Gasteiger partial charge is 0.290 e. The summed E-state index contributed by atoms with van der Waals surface area (Å²) in [5.41, 5.74) is 3.40. The monoisotopic (exact) mass is 427 g/mol. The number of benzene rings is 1. The standard InChI is InChI=1S/C19H21N7O5/c1-10-6-13(26(25-10)19-21-17(27)11(2)22-24-19)18(28)23-20-9-12-7-15(30-4)16(31-5)8-14(12)29-3/h6-9H,1-5H3,(H,23,28)(H,21,24,27)/b20-9-. The Kier molecular flexibility index (Phi) is 6.29. The number of nitrogens with zero attached hydrogens (tertiary/aromatic N) is 5. The summed E-state index contributed by atoms with van der Waals surface area (Å²) in [4.78, 5) is 27.0. The Morgan fingerprint density at radius 2 is 1.74 bits per heavy atom. The third-order valence-electron chi connectivity index (χ3n) is 4.22. The zero-order chi connectivity index (χ0) is 22.5. The van der Waals surface area contributed by atoms with Crippen molar-refractivity contribution in [3.8, 4) is 23.2 Å². The molecule has 0 aliphatic rings. The lowest BCUT2D eigenvalue weighted by Gasteiger charge is -2.11. The summed E-state index contributed by atoms with van der Waals surface area (Å²) in [6, 6.07) is 4.84. The fourth-order valence-electron chi connectivity index (χ4n) is 2.67. The maximum Gasteiger partial charge on any atom is 0.290 e. The fourth-order valence-corrected chi connectivity index (χ4v) is 2.67. The van der Waals surface area contributed by atoms with Crippen molar-refractivity contribution in [3.63, 3.8) is 0 Å². The summed E-state index contributed by atoms with van der Waals surface area (Å²) >= 11 is 0. The maximum atomic E-state index is 12.7. The van der Waals surface area contributed by atoms with Gasteiger partial charge in [0.25, 0.3) is 17.4 Å². The molecular weight excluding hydrogens is 406 g/mol. The molecule has 12 nitrogen and oxygen atoms in total. The zero-order valence-electron chi connectivity index (χ0n) is 17.6. The molecule has 0 spiro atoms. The van der Waals surface area contributed by atoms with Crippen molar-refractivity contribution in [3.05, 3.63) is 51.2 Å². The van der Waals surface area contributed by atoms with E-state index in [2.05, 4.69) is 30.8 Å². The summed E-state index contributed by atoms with van der Waals surface area (Å²) in [6.45, 7) is 3.22. The summed E-state index contributed by atoms with van der Waals surface area (Å²) in [5, 5.41) is 15.8. The number of carbonyl (C=O) groups excluding carboxylic acids is 1. The van der Waals surface area contributed by atoms with Crippen molar-refractivity contribution in [1.82, 2.24) is 30.4 Å². The second-order valence-electron chi connectivity index (χ2n) is 6.29. The fraction of sp³-hybridized carbons (Fsp3) is 0.263. The predicted molar refractivity (Wildman–Crippen MR) is 110 cm³/mol. The van der Waals surface area contributed by atoms with E-state index in [9.17, 15) is 9.59 Å². The van der Waals surface area contributed by atoms with Gasteiger partial charge < -0.3 is 14.2 Å². The minimum absolute atomic E-state index is 0.0133. The van der Waals surface area contributed by atoms with Gasteiger partial charge in [-0.05, 0) is 26.0 Å². The molecule has 1 amide bonds. The highest BCUT2D eigenvalue weighted by molar-refractivity contribution is 5.94. The highest BCUT2D eigenvalue weighted by Gasteiger charge is 2.17. The average molecular weight is 427 g/mol. The Hall–Kier alpha value is -4.22. The third-order valence-corrected chi connectivity index (χ3v) is 4.22. The van der Waals surface area contributed by atoms with E-state index in [0.717, 1.165) is 0 Å². The molecule has 3 aromatic rings. The van der Waals surface area contributed by atoms with Crippen molar-refractivity contribution >= 4 is 12.1 Å². The molecule has 0 aliphatic carbocycles. The van der Waals surface area contributed by atoms with Gasteiger partial charge in [-0.1, -0.05) is 0 Å². The van der Waals surface area contributed by atoms with Gasteiger partial charge >= 0.3 is 0 Å². The topological polar surface area (TPSA) is 146 Å². The highest BCUT2D eigenvalue weighted by atomic mass is 16.5. The first kappa shape index (κ1) is 21.5. The number of methoxy groups -OCH3 is 3. The van der Waals surface area contributed by atoms with E-state index >= 15 is 0 Å². The Labute approximate surface area is 176 Å². The normalized spacial score (nSPS) is 10.9. The number of hydrogen-bond donors (Lipinski definition) is 2. The molecule has 162 valence electrons. The van der Waals surface area contributed by atoms with Gasteiger partial charge in [0, 0.05) is 11.6 Å². The van der Waals surface area contributed by atoms with Crippen molar-refractivity contribution in [2.45, 2.75) is 13.8 Å². The molecule has 2 heterocycles. The van der Waals surface area contributed by atoms with E-state index in [1.807, 2.05) is 0 Å². The van der Waals surface area contributed by atoms with Crippen LogP contribution in [0.2, 0.25) is 0 Å². The average Bonchev–Trinajstić information content (AvgIpc) is 3.16. The number of H-pyrrole nitrogens is 1. The van der Waals surface area contributed by atoms with Crippen LogP contribution in [-0.4, -0.2) is 58.4 Å². The lowest BCUT2D eigenvalue weighted by atomic mass is 10.2. The van der Waals surface area contributed by atoms with Gasteiger partial charge in [0.1, 0.15) is 17.1 Å². The third kappa shape index (κ3) is 4.52. The van der Waals surface area contributed by atoms with Gasteiger partial charge in [-0.3, -0.25) is 14.6 Å². The molecule has 31 heavy (non-hydrogen) atoms. The number of aromatic amines is 1. The van der Waals surface area contributed by atoms with Crippen molar-refractivity contribution in [1.29, 1.82) is 0 Å². The molecule has 3 rings (SSSR count). The minimum atomic E-state index is -0.570. The van der Waals surface area contributed by atoms with E-state index in [0.29, 0.717) is 28.5 Å². The molecule has 0 unspecified atom stereocenters. The Bertz CT molecular complexity index is 1200. The highest BCUT2D eigenvalue weighted by Crippen LogP contribution is 2.33. The maximum absolute atomic E-state index is 12.7. The van der Waals surface area contributed by atoms with E-state index in [-0.39, 0.29) is 17.3 Å². The summed E-state index contributed by atoms with van der Waals surface area (Å²) in [5.74, 6) is 0.891. The Morgan fingerprint density at radius 3 is 2.39 bits per heavy atom. The molecule has 0 radical (unpaired) electrons. The largest absolute Gasteiger partial charge is 0.496 e. The van der Waals surface area contributed by atoms with Crippen molar-refractivity contribution < 1.29 is 19.0 Å². The quantitative estimate of drug-likeness (QED) is 0.415. The lowest BCUT2D eigenvalue weighted by molar-refractivity contribution is 0.0947. The van der Waals surface area contributed by atoms with Crippen LogP contribution < -0.4 is 25.2 Å². The van der Waals surface area contributed by atoms with E-state index in [1.54, 1.807) is 19.1 Å². The zero-order valence-corrected chi connectivity index (χ0v) is 17.6. The number of hydrazone groups is 1. The summed E-state index contributed by atoms with van der Waals surface area (Å²) < 4.78 is 17.0. The van der Waals surface area contributed by atoms with Gasteiger partial charge in [0.15, 0.2) is 11.5 Å². The second kappa shape index (κ2) is 9.07. The van der Waals surface area contributed by atoms with E-state index in [4.69, 9.17) is 14.2 Å². The predicted octanol–water partition coefficient (Wildman–Crippen LogP) is 0.757. The number of carbonyl (C=O) groups is 1. The molecule has 2 N–H and O–H groups in total. The van der Waals surface area contributed by atoms with Crippen LogP contribution in [0.25, 0.3) is 5.95 Å². The van der Waals surface area contributed by atoms with Gasteiger partial charge in [0.05, 0.1) is 33.2 Å². The van der Waals surface area contributed by atoms with Crippen LogP contribution >= 0.6 is 0 Å². The molecule has 0 atom stereocenters. The summed E-state index contributed by atoms with van der Waals surface area (Å²) in [7, 11) is 4.53. The molecule has 0 aliphatic heterocycles. The number of amides is 1. The Balaban J connectivity index is 1.86. The molecule has 0 fully saturated rings. The van der Waals surface area contributed by atoms with Crippen LogP contribution in [0, 0.1) is 13.8 Å². The second-order valence-corrected chi connectivity index (χ2v) is 6.29. The lowest BCUT2D eigenvalue weighted by Crippen LogP contribution is -2.24. The molecule has 0 saturated carbocycles. The van der Waals surface area contributed by atoms with Crippen LogP contribution in [0.1, 0.15) is 27.4 Å². The van der Waals surface area contributed by atoms with Gasteiger partial charge in [-0.2, -0.15) is 14.9 Å². The van der Waals surface area contributed by atoms with E-state index < -0.39 is 11.5 Å². The van der Waals surface area contributed by atoms with Gasteiger partial charge in [-0.15, -0.1) is 10.2 Å². The van der Waals surface area contributed by atoms with E-state index in [1.165, 1.54) is 45.2 Å².